The van der Waals surface area contributed by atoms with E-state index < -0.39 is 11.6 Å². The lowest BCUT2D eigenvalue weighted by Gasteiger charge is -2.08. The SMILES string of the molecule is Nc1ccc(CCCOc2cc(Br)cc(F)c2F)cc1. The van der Waals surface area contributed by atoms with Gasteiger partial charge in [0.15, 0.2) is 11.6 Å². The Kier molecular flexibility index (Phi) is 4.95. The van der Waals surface area contributed by atoms with Gasteiger partial charge in [-0.3, -0.25) is 0 Å². The summed E-state index contributed by atoms with van der Waals surface area (Å²) < 4.78 is 32.3. The van der Waals surface area contributed by atoms with Gasteiger partial charge >= 0.3 is 0 Å². The molecule has 2 aromatic rings. The van der Waals surface area contributed by atoms with Crippen LogP contribution >= 0.6 is 15.9 Å². The van der Waals surface area contributed by atoms with Crippen LogP contribution < -0.4 is 10.5 Å². The van der Waals surface area contributed by atoms with E-state index in [2.05, 4.69) is 15.9 Å². The standard InChI is InChI=1S/C15H14BrF2NO/c16-11-8-13(17)15(18)14(9-11)20-7-1-2-10-3-5-12(19)6-4-10/h3-6,8-9H,1-2,7,19H2. The van der Waals surface area contributed by atoms with Gasteiger partial charge in [-0.15, -0.1) is 0 Å². The Morgan fingerprint density at radius 2 is 1.80 bits per heavy atom. The van der Waals surface area contributed by atoms with Gasteiger partial charge in [-0.2, -0.15) is 4.39 Å². The second-order valence-corrected chi connectivity index (χ2v) is 5.31. The van der Waals surface area contributed by atoms with E-state index in [4.69, 9.17) is 10.5 Å². The molecule has 20 heavy (non-hydrogen) atoms. The molecule has 5 heteroatoms. The zero-order valence-corrected chi connectivity index (χ0v) is 12.3. The molecule has 2 rings (SSSR count). The van der Waals surface area contributed by atoms with Crippen LogP contribution in [0.15, 0.2) is 40.9 Å². The summed E-state index contributed by atoms with van der Waals surface area (Å²) in [6.07, 6.45) is 1.50. The van der Waals surface area contributed by atoms with Crippen LogP contribution in [-0.2, 0) is 6.42 Å². The number of hydrogen-bond acceptors (Lipinski definition) is 2. The highest BCUT2D eigenvalue weighted by Gasteiger charge is 2.11. The Morgan fingerprint density at radius 1 is 1.10 bits per heavy atom. The molecule has 0 saturated heterocycles. The maximum Gasteiger partial charge on any atom is 0.200 e. The number of rotatable bonds is 5. The molecule has 0 saturated carbocycles. The lowest BCUT2D eigenvalue weighted by molar-refractivity contribution is 0.290. The van der Waals surface area contributed by atoms with E-state index in [-0.39, 0.29) is 5.75 Å². The molecule has 2 N–H and O–H groups in total. The molecule has 106 valence electrons. The van der Waals surface area contributed by atoms with E-state index >= 15 is 0 Å². The number of nitrogen functional groups attached to an aromatic ring is 1. The topological polar surface area (TPSA) is 35.2 Å². The summed E-state index contributed by atoms with van der Waals surface area (Å²) >= 11 is 3.10. The highest BCUT2D eigenvalue weighted by Crippen LogP contribution is 2.25. The fraction of sp³-hybridized carbons (Fsp3) is 0.200. The predicted octanol–water partition coefficient (Wildman–Crippen LogP) is 4.32. The molecule has 0 amide bonds. The summed E-state index contributed by atoms with van der Waals surface area (Å²) in [6.45, 7) is 0.317. The molecule has 0 aliphatic carbocycles. The number of nitrogens with two attached hydrogens (primary N) is 1. The van der Waals surface area contributed by atoms with E-state index in [1.165, 1.54) is 6.07 Å². The molecule has 2 aromatic carbocycles. The summed E-state index contributed by atoms with van der Waals surface area (Å²) in [5, 5.41) is 0. The Balaban J connectivity index is 1.86. The Morgan fingerprint density at radius 3 is 2.50 bits per heavy atom. The van der Waals surface area contributed by atoms with Gasteiger partial charge in [0.1, 0.15) is 0 Å². The first-order valence-electron chi connectivity index (χ1n) is 6.18. The largest absolute Gasteiger partial charge is 0.490 e. The number of ether oxygens (including phenoxy) is 1. The predicted molar refractivity (Wildman–Crippen MR) is 78.7 cm³/mol. The molecule has 0 aliphatic heterocycles. The highest BCUT2D eigenvalue weighted by molar-refractivity contribution is 9.10. The first-order chi connectivity index (χ1) is 9.56. The Labute approximate surface area is 124 Å². The van der Waals surface area contributed by atoms with E-state index in [9.17, 15) is 8.78 Å². The summed E-state index contributed by atoms with van der Waals surface area (Å²) in [5.41, 5.74) is 7.44. The second-order valence-electron chi connectivity index (χ2n) is 4.39. The van der Waals surface area contributed by atoms with E-state index in [0.29, 0.717) is 17.5 Å². The van der Waals surface area contributed by atoms with Gasteiger partial charge in [0.25, 0.3) is 0 Å². The molecule has 0 bridgehead atoms. The molecule has 0 spiro atoms. The molecule has 2 nitrogen and oxygen atoms in total. The van der Waals surface area contributed by atoms with Crippen molar-refractivity contribution in [2.24, 2.45) is 0 Å². The fourth-order valence-corrected chi connectivity index (χ4v) is 2.19. The van der Waals surface area contributed by atoms with Crippen LogP contribution in [-0.4, -0.2) is 6.61 Å². The Bertz CT molecular complexity index is 587. The molecular weight excluding hydrogens is 328 g/mol. The molecule has 0 radical (unpaired) electrons. The van der Waals surface area contributed by atoms with Crippen molar-refractivity contribution in [3.63, 3.8) is 0 Å². The van der Waals surface area contributed by atoms with Gasteiger partial charge in [0.2, 0.25) is 5.82 Å². The van der Waals surface area contributed by atoms with Crippen molar-refractivity contribution in [3.05, 3.63) is 58.1 Å². The van der Waals surface area contributed by atoms with Crippen LogP contribution in [0.3, 0.4) is 0 Å². The molecular formula is C15H14BrF2NO. The summed E-state index contributed by atoms with van der Waals surface area (Å²) in [6, 6.07) is 10.0. The van der Waals surface area contributed by atoms with Crippen LogP contribution in [0.4, 0.5) is 14.5 Å². The minimum absolute atomic E-state index is 0.0748. The summed E-state index contributed by atoms with van der Waals surface area (Å²) in [7, 11) is 0. The van der Waals surface area contributed by atoms with Crippen LogP contribution in [0.1, 0.15) is 12.0 Å². The van der Waals surface area contributed by atoms with Crippen molar-refractivity contribution in [2.45, 2.75) is 12.8 Å². The zero-order valence-electron chi connectivity index (χ0n) is 10.7. The minimum Gasteiger partial charge on any atom is -0.490 e. The lowest BCUT2D eigenvalue weighted by atomic mass is 10.1. The van der Waals surface area contributed by atoms with E-state index in [1.54, 1.807) is 0 Å². The first kappa shape index (κ1) is 14.8. The normalized spacial score (nSPS) is 10.6. The summed E-state index contributed by atoms with van der Waals surface area (Å²) in [4.78, 5) is 0. The molecule has 0 aromatic heterocycles. The lowest BCUT2D eigenvalue weighted by Crippen LogP contribution is -2.02. The van der Waals surface area contributed by atoms with E-state index in [0.717, 1.165) is 23.7 Å². The average Bonchev–Trinajstić information content (AvgIpc) is 2.42. The Hall–Kier alpha value is -1.62. The molecule has 0 atom stereocenters. The molecule has 0 unspecified atom stereocenters. The third kappa shape index (κ3) is 3.93. The summed E-state index contributed by atoms with van der Waals surface area (Å²) in [5.74, 6) is -1.96. The van der Waals surface area contributed by atoms with Gasteiger partial charge in [-0.05, 0) is 42.7 Å². The maximum absolute atomic E-state index is 13.4. The van der Waals surface area contributed by atoms with Crippen LogP contribution in [0.25, 0.3) is 0 Å². The molecule has 0 heterocycles. The molecule has 0 aliphatic rings. The van der Waals surface area contributed by atoms with Crippen molar-refractivity contribution < 1.29 is 13.5 Å². The number of hydrogen-bond donors (Lipinski definition) is 1. The first-order valence-corrected chi connectivity index (χ1v) is 6.97. The zero-order chi connectivity index (χ0) is 14.5. The van der Waals surface area contributed by atoms with Gasteiger partial charge in [0, 0.05) is 10.2 Å². The monoisotopic (exact) mass is 341 g/mol. The van der Waals surface area contributed by atoms with Crippen LogP contribution in [0, 0.1) is 11.6 Å². The quantitative estimate of drug-likeness (QED) is 0.499. The third-order valence-electron chi connectivity index (χ3n) is 2.81. The van der Waals surface area contributed by atoms with Crippen molar-refractivity contribution in [1.82, 2.24) is 0 Å². The molecule has 0 fully saturated rings. The van der Waals surface area contributed by atoms with Crippen molar-refractivity contribution in [3.8, 4) is 5.75 Å². The number of halogens is 3. The minimum atomic E-state index is -0.958. The van der Waals surface area contributed by atoms with Gasteiger partial charge < -0.3 is 10.5 Å². The van der Waals surface area contributed by atoms with Gasteiger partial charge in [0.05, 0.1) is 6.61 Å². The number of benzene rings is 2. The van der Waals surface area contributed by atoms with Crippen molar-refractivity contribution in [1.29, 1.82) is 0 Å². The third-order valence-corrected chi connectivity index (χ3v) is 3.26. The highest BCUT2D eigenvalue weighted by atomic mass is 79.9. The van der Waals surface area contributed by atoms with Crippen LogP contribution in [0.2, 0.25) is 0 Å². The number of anilines is 1. The van der Waals surface area contributed by atoms with Crippen molar-refractivity contribution >= 4 is 21.6 Å². The maximum atomic E-state index is 13.4. The van der Waals surface area contributed by atoms with Gasteiger partial charge in [-0.25, -0.2) is 4.39 Å². The van der Waals surface area contributed by atoms with Crippen molar-refractivity contribution in [2.75, 3.05) is 12.3 Å². The van der Waals surface area contributed by atoms with Gasteiger partial charge in [-0.1, -0.05) is 28.1 Å². The van der Waals surface area contributed by atoms with Crippen LogP contribution in [0.5, 0.6) is 5.75 Å². The average molecular weight is 342 g/mol. The fourth-order valence-electron chi connectivity index (χ4n) is 1.78. The smallest absolute Gasteiger partial charge is 0.200 e. The van der Waals surface area contributed by atoms with E-state index in [1.807, 2.05) is 24.3 Å². The second kappa shape index (κ2) is 6.70. The number of aryl methyl sites for hydroxylation is 1.